The van der Waals surface area contributed by atoms with Gasteiger partial charge >= 0.3 is 0 Å². The van der Waals surface area contributed by atoms with Gasteiger partial charge in [-0.05, 0) is 31.6 Å². The van der Waals surface area contributed by atoms with Crippen LogP contribution in [-0.2, 0) is 0 Å². The van der Waals surface area contributed by atoms with Gasteiger partial charge in [0.05, 0.1) is 0 Å². The van der Waals surface area contributed by atoms with Gasteiger partial charge in [-0.15, -0.1) is 0 Å². The lowest BCUT2D eigenvalue weighted by Gasteiger charge is -2.19. The average Bonchev–Trinajstić information content (AvgIpc) is 2.85. The summed E-state index contributed by atoms with van der Waals surface area (Å²) in [7, 11) is 1.86. The van der Waals surface area contributed by atoms with Gasteiger partial charge in [0.2, 0.25) is 0 Å². The van der Waals surface area contributed by atoms with Gasteiger partial charge in [-0.2, -0.15) is 0 Å². The van der Waals surface area contributed by atoms with E-state index in [1.165, 1.54) is 12.8 Å². The summed E-state index contributed by atoms with van der Waals surface area (Å²) in [5, 5.41) is 15.8. The van der Waals surface area contributed by atoms with Crippen LogP contribution in [0, 0.1) is 18.8 Å². The zero-order valence-electron chi connectivity index (χ0n) is 11.1. The molecule has 1 aliphatic carbocycles. The molecule has 18 heavy (non-hydrogen) atoms. The lowest BCUT2D eigenvalue weighted by Crippen LogP contribution is -2.21. The van der Waals surface area contributed by atoms with Crippen molar-refractivity contribution >= 4 is 11.6 Å². The average molecular weight is 250 g/mol. The van der Waals surface area contributed by atoms with Gasteiger partial charge in [0.1, 0.15) is 18.0 Å². The minimum Gasteiger partial charge on any atom is -0.396 e. The van der Waals surface area contributed by atoms with Gasteiger partial charge in [0.25, 0.3) is 0 Å². The molecule has 1 heterocycles. The molecule has 0 aromatic carbocycles. The number of rotatable bonds is 5. The van der Waals surface area contributed by atoms with Crippen LogP contribution in [0.3, 0.4) is 0 Å². The van der Waals surface area contributed by atoms with Gasteiger partial charge in [0.15, 0.2) is 0 Å². The standard InChI is InChI=1S/C13H22N4O/c1-9-12(14-2)16-8-17-13(9)15-6-10-4-3-5-11(10)7-18/h8,10-11,18H,3-7H2,1-2H3,(H2,14,15,16,17). The Morgan fingerprint density at radius 3 is 2.72 bits per heavy atom. The molecule has 1 aromatic rings. The molecule has 1 aromatic heterocycles. The normalized spacial score (nSPS) is 23.1. The van der Waals surface area contributed by atoms with E-state index >= 15 is 0 Å². The first-order valence-corrected chi connectivity index (χ1v) is 6.60. The van der Waals surface area contributed by atoms with E-state index in [-0.39, 0.29) is 0 Å². The molecule has 0 spiro atoms. The molecule has 0 saturated heterocycles. The first kappa shape index (κ1) is 13.1. The Labute approximate surface area is 108 Å². The van der Waals surface area contributed by atoms with Crippen molar-refractivity contribution in [3.05, 3.63) is 11.9 Å². The molecule has 0 aliphatic heterocycles. The number of hydrogen-bond acceptors (Lipinski definition) is 5. The Bertz CT molecular complexity index is 397. The molecular weight excluding hydrogens is 228 g/mol. The van der Waals surface area contributed by atoms with E-state index in [9.17, 15) is 5.11 Å². The fraction of sp³-hybridized carbons (Fsp3) is 0.692. The molecule has 5 heteroatoms. The third-order valence-corrected chi connectivity index (χ3v) is 3.90. The van der Waals surface area contributed by atoms with E-state index in [0.29, 0.717) is 18.4 Å². The monoisotopic (exact) mass is 250 g/mol. The third kappa shape index (κ3) is 2.72. The molecule has 2 rings (SSSR count). The molecule has 0 bridgehead atoms. The van der Waals surface area contributed by atoms with Gasteiger partial charge in [-0.25, -0.2) is 9.97 Å². The summed E-state index contributed by atoms with van der Waals surface area (Å²) in [6, 6.07) is 0. The number of hydrogen-bond donors (Lipinski definition) is 3. The lowest BCUT2D eigenvalue weighted by atomic mass is 9.97. The summed E-state index contributed by atoms with van der Waals surface area (Å²) in [6.07, 6.45) is 5.13. The van der Waals surface area contributed by atoms with Crippen LogP contribution in [0.15, 0.2) is 6.33 Å². The largest absolute Gasteiger partial charge is 0.396 e. The molecule has 5 nitrogen and oxygen atoms in total. The van der Waals surface area contributed by atoms with Crippen molar-refractivity contribution in [1.82, 2.24) is 9.97 Å². The van der Waals surface area contributed by atoms with Crippen LogP contribution in [0.4, 0.5) is 11.6 Å². The summed E-state index contributed by atoms with van der Waals surface area (Å²) in [5.74, 6) is 2.75. The molecule has 100 valence electrons. The van der Waals surface area contributed by atoms with E-state index in [1.54, 1.807) is 6.33 Å². The van der Waals surface area contributed by atoms with E-state index < -0.39 is 0 Å². The van der Waals surface area contributed by atoms with Crippen LogP contribution in [0.1, 0.15) is 24.8 Å². The first-order valence-electron chi connectivity index (χ1n) is 6.60. The highest BCUT2D eigenvalue weighted by Gasteiger charge is 2.26. The molecule has 1 aliphatic rings. The number of nitrogens with one attached hydrogen (secondary N) is 2. The molecule has 1 saturated carbocycles. The zero-order chi connectivity index (χ0) is 13.0. The van der Waals surface area contributed by atoms with Crippen molar-refractivity contribution in [2.75, 3.05) is 30.8 Å². The van der Waals surface area contributed by atoms with Crippen LogP contribution in [0.5, 0.6) is 0 Å². The van der Waals surface area contributed by atoms with Crippen molar-refractivity contribution < 1.29 is 5.11 Å². The minimum absolute atomic E-state index is 0.302. The van der Waals surface area contributed by atoms with Crippen LogP contribution in [0.2, 0.25) is 0 Å². The zero-order valence-corrected chi connectivity index (χ0v) is 11.1. The first-order chi connectivity index (χ1) is 8.76. The van der Waals surface area contributed by atoms with Gasteiger partial charge in [-0.3, -0.25) is 0 Å². The smallest absolute Gasteiger partial charge is 0.134 e. The highest BCUT2D eigenvalue weighted by Crippen LogP contribution is 2.31. The number of aromatic nitrogens is 2. The number of anilines is 2. The highest BCUT2D eigenvalue weighted by atomic mass is 16.3. The Hall–Kier alpha value is -1.36. The van der Waals surface area contributed by atoms with Gasteiger partial charge in [0, 0.05) is 25.8 Å². The second kappa shape index (κ2) is 6.00. The van der Waals surface area contributed by atoms with Crippen LogP contribution in [-0.4, -0.2) is 35.3 Å². The van der Waals surface area contributed by atoms with E-state index in [2.05, 4.69) is 20.6 Å². The molecule has 2 atom stereocenters. The van der Waals surface area contributed by atoms with Gasteiger partial charge < -0.3 is 15.7 Å². The Morgan fingerprint density at radius 2 is 2.00 bits per heavy atom. The highest BCUT2D eigenvalue weighted by molar-refractivity contribution is 5.56. The Balaban J connectivity index is 1.98. The maximum Gasteiger partial charge on any atom is 0.134 e. The predicted octanol–water partition coefficient (Wildman–Crippen LogP) is 1.65. The summed E-state index contributed by atoms with van der Waals surface area (Å²) in [5.41, 5.74) is 1.04. The Kier molecular flexibility index (Phi) is 4.36. The number of nitrogens with zero attached hydrogens (tertiary/aromatic N) is 2. The van der Waals surface area contributed by atoms with E-state index in [4.69, 9.17) is 0 Å². The molecule has 3 N–H and O–H groups in total. The molecule has 0 amide bonds. The summed E-state index contributed by atoms with van der Waals surface area (Å²) >= 11 is 0. The SMILES string of the molecule is CNc1ncnc(NCC2CCCC2CO)c1C. The summed E-state index contributed by atoms with van der Waals surface area (Å²) < 4.78 is 0. The summed E-state index contributed by atoms with van der Waals surface area (Å²) in [4.78, 5) is 8.44. The lowest BCUT2D eigenvalue weighted by molar-refractivity contribution is 0.199. The molecule has 1 fully saturated rings. The van der Waals surface area contributed by atoms with Crippen LogP contribution < -0.4 is 10.6 Å². The van der Waals surface area contributed by atoms with E-state index in [0.717, 1.165) is 30.2 Å². The second-order valence-electron chi connectivity index (χ2n) is 4.96. The second-order valence-corrected chi connectivity index (χ2v) is 4.96. The maximum absolute atomic E-state index is 9.31. The Morgan fingerprint density at radius 1 is 1.28 bits per heavy atom. The van der Waals surface area contributed by atoms with Crippen molar-refractivity contribution in [3.8, 4) is 0 Å². The summed E-state index contributed by atoms with van der Waals surface area (Å²) in [6.45, 7) is 3.19. The molecule has 0 radical (unpaired) electrons. The maximum atomic E-state index is 9.31. The molecule has 2 unspecified atom stereocenters. The van der Waals surface area contributed by atoms with E-state index in [1.807, 2.05) is 14.0 Å². The van der Waals surface area contributed by atoms with Gasteiger partial charge in [-0.1, -0.05) is 6.42 Å². The fourth-order valence-electron chi connectivity index (χ4n) is 2.73. The predicted molar refractivity (Wildman–Crippen MR) is 72.7 cm³/mol. The fourth-order valence-corrected chi connectivity index (χ4v) is 2.73. The van der Waals surface area contributed by atoms with Crippen molar-refractivity contribution in [3.63, 3.8) is 0 Å². The third-order valence-electron chi connectivity index (χ3n) is 3.90. The molecular formula is C13H22N4O. The topological polar surface area (TPSA) is 70.1 Å². The quantitative estimate of drug-likeness (QED) is 0.741. The number of aliphatic hydroxyl groups is 1. The van der Waals surface area contributed by atoms with Crippen LogP contribution >= 0.6 is 0 Å². The van der Waals surface area contributed by atoms with Crippen molar-refractivity contribution in [2.45, 2.75) is 26.2 Å². The van der Waals surface area contributed by atoms with Crippen molar-refractivity contribution in [1.29, 1.82) is 0 Å². The minimum atomic E-state index is 0.302. The number of aliphatic hydroxyl groups excluding tert-OH is 1. The van der Waals surface area contributed by atoms with Crippen molar-refractivity contribution in [2.24, 2.45) is 11.8 Å². The van der Waals surface area contributed by atoms with Crippen LogP contribution in [0.25, 0.3) is 0 Å².